The van der Waals surface area contributed by atoms with Crippen molar-refractivity contribution in [2.45, 2.75) is 65.1 Å². The highest BCUT2D eigenvalue weighted by Gasteiger charge is 2.43. The molecule has 3 rings (SSSR count). The fourth-order valence-corrected chi connectivity index (χ4v) is 4.09. The Balaban J connectivity index is 2.01. The monoisotopic (exact) mass is 449 g/mol. The van der Waals surface area contributed by atoms with E-state index in [1.165, 1.54) is 6.33 Å². The molecule has 11 heteroatoms. The van der Waals surface area contributed by atoms with Crippen LogP contribution in [-0.2, 0) is 14.0 Å². The zero-order valence-corrected chi connectivity index (χ0v) is 20.0. The van der Waals surface area contributed by atoms with Gasteiger partial charge in [-0.15, -0.1) is 0 Å². The Kier molecular flexibility index (Phi) is 6.13. The molecular weight excluding hydrogens is 418 g/mol. The van der Waals surface area contributed by atoms with Gasteiger partial charge in [-0.2, -0.15) is 4.98 Å². The van der Waals surface area contributed by atoms with Gasteiger partial charge in [0.1, 0.15) is 24.8 Å². The van der Waals surface area contributed by atoms with Crippen molar-refractivity contribution in [3.8, 4) is 0 Å². The van der Waals surface area contributed by atoms with Crippen molar-refractivity contribution in [1.82, 2.24) is 19.5 Å². The first-order chi connectivity index (χ1) is 14.3. The number of fused-ring (bicyclic) bond motifs is 1. The van der Waals surface area contributed by atoms with Crippen molar-refractivity contribution in [3.63, 3.8) is 0 Å². The molecule has 0 bridgehead atoms. The summed E-state index contributed by atoms with van der Waals surface area (Å²) in [6.45, 7) is 13.9. The number of hydrogen-bond acceptors (Lipinski definition) is 7. The smallest absolute Gasteiger partial charge is 0.280 e. The summed E-state index contributed by atoms with van der Waals surface area (Å²) in [5, 5.41) is 12.2. The molecule has 1 amide bonds. The number of amides is 1. The standard InChI is InChI=1S/C20H31N5O5Si/c1-11(2)16(27)23-19-22-15-14(17(28)24-19)21-10-25(15)18-13(8-12(9-26)29-18)30-31(6,7)20(3,4)5/h8,10-11,13,18,26H,9H2,1-7H3,(H2,22,23,24,27,28)/t13?,18-/m1/s1. The SMILES string of the molecule is CC(C)C(=O)Nc1nc2c(ncn2[C@@H]2OC(CO)=CC2O[Si](C)(C)C(C)(C)C)c(=O)[nH]1. The van der Waals surface area contributed by atoms with E-state index >= 15 is 0 Å². The minimum absolute atomic E-state index is 0.0337. The second kappa shape index (κ2) is 8.21. The predicted molar refractivity (Wildman–Crippen MR) is 119 cm³/mol. The van der Waals surface area contributed by atoms with Crippen LogP contribution in [0.15, 0.2) is 23.0 Å². The highest BCUT2D eigenvalue weighted by Crippen LogP contribution is 2.41. The highest BCUT2D eigenvalue weighted by molar-refractivity contribution is 6.74. The Hall–Kier alpha value is -2.50. The number of hydrogen-bond donors (Lipinski definition) is 3. The average Bonchev–Trinajstić information content (AvgIpc) is 3.24. The molecule has 2 atom stereocenters. The van der Waals surface area contributed by atoms with Crippen LogP contribution in [0.25, 0.3) is 11.2 Å². The number of carbonyl (C=O) groups excluding carboxylic acids is 1. The number of aliphatic hydroxyl groups excluding tert-OH is 1. The maximum atomic E-state index is 12.5. The van der Waals surface area contributed by atoms with Gasteiger partial charge in [0.05, 0.1) is 0 Å². The first-order valence-electron chi connectivity index (χ1n) is 10.3. The lowest BCUT2D eigenvalue weighted by Gasteiger charge is -2.39. The molecule has 0 fully saturated rings. The van der Waals surface area contributed by atoms with Gasteiger partial charge in [-0.25, -0.2) is 4.98 Å². The van der Waals surface area contributed by atoms with Crippen molar-refractivity contribution in [3.05, 3.63) is 28.5 Å². The third-order valence-corrected chi connectivity index (χ3v) is 10.2. The molecule has 1 aliphatic rings. The molecule has 170 valence electrons. The summed E-state index contributed by atoms with van der Waals surface area (Å²) in [6, 6.07) is 0. The van der Waals surface area contributed by atoms with Crippen molar-refractivity contribution < 1.29 is 19.1 Å². The highest BCUT2D eigenvalue weighted by atomic mass is 28.4. The van der Waals surface area contributed by atoms with Crippen LogP contribution in [0.2, 0.25) is 18.1 Å². The molecule has 31 heavy (non-hydrogen) atoms. The van der Waals surface area contributed by atoms with Crippen LogP contribution in [0.5, 0.6) is 0 Å². The maximum Gasteiger partial charge on any atom is 0.280 e. The number of imidazole rings is 1. The quantitative estimate of drug-likeness (QED) is 0.577. The molecule has 0 radical (unpaired) electrons. The van der Waals surface area contributed by atoms with Crippen LogP contribution < -0.4 is 10.9 Å². The second-order valence-electron chi connectivity index (χ2n) is 9.52. The topological polar surface area (TPSA) is 131 Å². The molecule has 0 aromatic carbocycles. The van der Waals surface area contributed by atoms with Crippen LogP contribution in [0, 0.1) is 5.92 Å². The number of carbonyl (C=O) groups is 1. The van der Waals surface area contributed by atoms with E-state index < -0.39 is 26.2 Å². The van der Waals surface area contributed by atoms with Gasteiger partial charge in [-0.05, 0) is 24.2 Å². The fourth-order valence-electron chi connectivity index (χ4n) is 2.87. The predicted octanol–water partition coefficient (Wildman–Crippen LogP) is 2.51. The molecule has 1 unspecified atom stereocenters. The third kappa shape index (κ3) is 4.58. The van der Waals surface area contributed by atoms with E-state index in [-0.39, 0.29) is 40.6 Å². The third-order valence-electron chi connectivity index (χ3n) is 5.77. The number of aliphatic hydroxyl groups is 1. The first kappa shape index (κ1) is 23.2. The lowest BCUT2D eigenvalue weighted by Crippen LogP contribution is -2.45. The molecule has 2 aromatic heterocycles. The first-order valence-corrected chi connectivity index (χ1v) is 13.2. The summed E-state index contributed by atoms with van der Waals surface area (Å²) in [6.07, 6.45) is 2.03. The van der Waals surface area contributed by atoms with Crippen LogP contribution in [0.4, 0.5) is 5.95 Å². The zero-order chi connectivity index (χ0) is 23.1. The van der Waals surface area contributed by atoms with Crippen LogP contribution in [0.1, 0.15) is 40.8 Å². The second-order valence-corrected chi connectivity index (χ2v) is 14.3. The van der Waals surface area contributed by atoms with Gasteiger partial charge in [0.15, 0.2) is 19.5 Å². The summed E-state index contributed by atoms with van der Waals surface area (Å²) in [5.41, 5.74) is -0.100. The van der Waals surface area contributed by atoms with Crippen molar-refractivity contribution in [2.24, 2.45) is 5.92 Å². The van der Waals surface area contributed by atoms with Crippen molar-refractivity contribution in [1.29, 1.82) is 0 Å². The van der Waals surface area contributed by atoms with E-state index in [4.69, 9.17) is 9.16 Å². The molecule has 0 saturated heterocycles. The Morgan fingerprint density at radius 3 is 2.68 bits per heavy atom. The van der Waals surface area contributed by atoms with Gasteiger partial charge in [0.2, 0.25) is 18.1 Å². The molecule has 3 heterocycles. The van der Waals surface area contributed by atoms with Crippen LogP contribution in [-0.4, -0.2) is 51.6 Å². The minimum Gasteiger partial charge on any atom is -0.469 e. The van der Waals surface area contributed by atoms with Crippen molar-refractivity contribution in [2.75, 3.05) is 11.9 Å². The number of rotatable bonds is 6. The van der Waals surface area contributed by atoms with Crippen molar-refractivity contribution >= 4 is 31.3 Å². The van der Waals surface area contributed by atoms with Crippen LogP contribution in [0.3, 0.4) is 0 Å². The van der Waals surface area contributed by atoms with Gasteiger partial charge in [-0.1, -0.05) is 34.6 Å². The number of nitrogens with zero attached hydrogens (tertiary/aromatic N) is 3. The average molecular weight is 450 g/mol. The number of H-pyrrole nitrogens is 1. The summed E-state index contributed by atoms with van der Waals surface area (Å²) >= 11 is 0. The number of aromatic amines is 1. The molecular formula is C20H31N5O5Si. The van der Waals surface area contributed by atoms with E-state index in [1.54, 1.807) is 24.5 Å². The largest absolute Gasteiger partial charge is 0.469 e. The van der Waals surface area contributed by atoms with Gasteiger partial charge in [-0.3, -0.25) is 24.5 Å². The molecule has 10 nitrogen and oxygen atoms in total. The maximum absolute atomic E-state index is 12.5. The van der Waals surface area contributed by atoms with E-state index in [0.29, 0.717) is 5.76 Å². The van der Waals surface area contributed by atoms with Crippen LogP contribution >= 0.6 is 0 Å². The Bertz CT molecular complexity index is 1070. The minimum atomic E-state index is -2.18. The Labute approximate surface area is 181 Å². The lowest BCUT2D eigenvalue weighted by molar-refractivity contribution is -0.118. The number of ether oxygens (including phenoxy) is 1. The van der Waals surface area contributed by atoms with Gasteiger partial charge in [0, 0.05) is 5.92 Å². The van der Waals surface area contributed by atoms with Gasteiger partial charge < -0.3 is 14.3 Å². The fraction of sp³-hybridized carbons (Fsp3) is 0.600. The molecule has 0 spiro atoms. The number of nitrogens with one attached hydrogen (secondary N) is 2. The Morgan fingerprint density at radius 2 is 2.10 bits per heavy atom. The zero-order valence-electron chi connectivity index (χ0n) is 19.0. The van der Waals surface area contributed by atoms with Gasteiger partial charge >= 0.3 is 0 Å². The summed E-state index contributed by atoms with van der Waals surface area (Å²) in [4.78, 5) is 35.7. The molecule has 0 saturated carbocycles. The summed E-state index contributed by atoms with van der Waals surface area (Å²) in [5.74, 6) is -0.126. The number of anilines is 1. The van der Waals surface area contributed by atoms with Gasteiger partial charge in [0.25, 0.3) is 5.56 Å². The summed E-state index contributed by atoms with van der Waals surface area (Å²) in [7, 11) is -2.18. The molecule has 0 aliphatic carbocycles. The number of aromatic nitrogens is 4. The lowest BCUT2D eigenvalue weighted by atomic mass is 10.2. The van der Waals surface area contributed by atoms with E-state index in [9.17, 15) is 14.7 Å². The molecule has 2 aromatic rings. The summed E-state index contributed by atoms with van der Waals surface area (Å²) < 4.78 is 14.1. The molecule has 3 N–H and O–H groups in total. The Morgan fingerprint density at radius 1 is 1.42 bits per heavy atom. The van der Waals surface area contributed by atoms with E-state index in [2.05, 4.69) is 54.1 Å². The molecule has 1 aliphatic heterocycles. The van der Waals surface area contributed by atoms with E-state index in [0.717, 1.165) is 0 Å². The normalized spacial score (nSPS) is 19.6. The van der Waals surface area contributed by atoms with E-state index in [1.807, 2.05) is 0 Å².